The molecule has 1 aliphatic rings. The lowest BCUT2D eigenvalue weighted by molar-refractivity contribution is -0.124. The number of ketones is 1. The molecule has 1 unspecified atom stereocenters. The van der Waals surface area contributed by atoms with Gasteiger partial charge in [-0.3, -0.25) is 4.79 Å². The topological polar surface area (TPSA) is 17.1 Å². The number of rotatable bonds is 2. The third kappa shape index (κ3) is 2.62. The lowest BCUT2D eigenvalue weighted by Gasteiger charge is -2.20. The van der Waals surface area contributed by atoms with E-state index in [4.69, 9.17) is 11.6 Å². The number of Topliss-reactive ketones (excluding diaryl/α,β-unsaturated/α-hetero) is 1. The van der Waals surface area contributed by atoms with Crippen LogP contribution in [0.25, 0.3) is 0 Å². The summed E-state index contributed by atoms with van der Waals surface area (Å²) in [5.41, 5.74) is 0.602. The molecular formula is C13H14ClFO. The monoisotopic (exact) mass is 240 g/mol. The number of carbonyl (C=O) groups is 1. The van der Waals surface area contributed by atoms with E-state index in [1.807, 2.05) is 0 Å². The van der Waals surface area contributed by atoms with Crippen molar-refractivity contribution in [3.63, 3.8) is 0 Å². The summed E-state index contributed by atoms with van der Waals surface area (Å²) in [6.45, 7) is 0. The van der Waals surface area contributed by atoms with E-state index in [9.17, 15) is 9.18 Å². The van der Waals surface area contributed by atoms with Gasteiger partial charge < -0.3 is 0 Å². The molecule has 0 aromatic heterocycles. The molecule has 2 rings (SSSR count). The molecular weight excluding hydrogens is 227 g/mol. The molecule has 0 bridgehead atoms. The fourth-order valence-electron chi connectivity index (χ4n) is 2.22. The van der Waals surface area contributed by atoms with Gasteiger partial charge in [0.25, 0.3) is 0 Å². The first-order valence-corrected chi connectivity index (χ1v) is 6.01. The zero-order chi connectivity index (χ0) is 11.5. The summed E-state index contributed by atoms with van der Waals surface area (Å²) >= 11 is 5.68. The van der Waals surface area contributed by atoms with Crippen molar-refractivity contribution in [1.29, 1.82) is 0 Å². The Balaban J connectivity index is 2.10. The van der Waals surface area contributed by atoms with E-state index < -0.39 is 0 Å². The van der Waals surface area contributed by atoms with Crippen LogP contribution in [0.1, 0.15) is 31.2 Å². The lowest BCUT2D eigenvalue weighted by atomic mass is 9.83. The highest BCUT2D eigenvalue weighted by Crippen LogP contribution is 2.26. The Kier molecular flexibility index (Phi) is 3.59. The van der Waals surface area contributed by atoms with Crippen molar-refractivity contribution in [2.75, 3.05) is 0 Å². The average molecular weight is 241 g/mol. The maximum atomic E-state index is 13.5. The predicted octanol–water partition coefficient (Wildman–Crippen LogP) is 3.78. The van der Waals surface area contributed by atoms with Crippen LogP contribution >= 0.6 is 11.6 Å². The summed E-state index contributed by atoms with van der Waals surface area (Å²) in [5, 5.41) is 0.399. The summed E-state index contributed by atoms with van der Waals surface area (Å²) in [6, 6.07) is 4.66. The van der Waals surface area contributed by atoms with E-state index in [0.29, 0.717) is 23.4 Å². The number of hydrogen-bond acceptors (Lipinski definition) is 1. The van der Waals surface area contributed by atoms with E-state index in [1.54, 1.807) is 12.1 Å². The Morgan fingerprint density at radius 1 is 1.38 bits per heavy atom. The van der Waals surface area contributed by atoms with E-state index in [1.165, 1.54) is 6.07 Å². The van der Waals surface area contributed by atoms with Crippen LogP contribution in [0.2, 0.25) is 5.02 Å². The second kappa shape index (κ2) is 4.96. The van der Waals surface area contributed by atoms with Gasteiger partial charge >= 0.3 is 0 Å². The number of benzene rings is 1. The summed E-state index contributed by atoms with van der Waals surface area (Å²) < 4.78 is 13.5. The van der Waals surface area contributed by atoms with E-state index in [0.717, 1.165) is 19.3 Å². The first-order valence-electron chi connectivity index (χ1n) is 5.63. The number of halogens is 2. The molecule has 0 N–H and O–H groups in total. The normalized spacial score (nSPS) is 21.1. The fourth-order valence-corrected chi connectivity index (χ4v) is 2.38. The molecule has 16 heavy (non-hydrogen) atoms. The molecule has 1 nitrogen and oxygen atoms in total. The van der Waals surface area contributed by atoms with Crippen molar-refractivity contribution in [3.05, 3.63) is 34.6 Å². The van der Waals surface area contributed by atoms with E-state index >= 15 is 0 Å². The summed E-state index contributed by atoms with van der Waals surface area (Å²) in [7, 11) is 0. The van der Waals surface area contributed by atoms with Crippen LogP contribution in [0, 0.1) is 11.7 Å². The molecule has 0 amide bonds. The predicted molar refractivity (Wildman–Crippen MR) is 62.1 cm³/mol. The van der Waals surface area contributed by atoms with Gasteiger partial charge in [-0.1, -0.05) is 24.1 Å². The van der Waals surface area contributed by atoms with Crippen LogP contribution in [0.5, 0.6) is 0 Å². The Hall–Kier alpha value is -0.890. The van der Waals surface area contributed by atoms with E-state index in [-0.39, 0.29) is 17.5 Å². The van der Waals surface area contributed by atoms with Gasteiger partial charge in [-0.2, -0.15) is 0 Å². The quantitative estimate of drug-likeness (QED) is 0.769. The summed E-state index contributed by atoms with van der Waals surface area (Å²) in [4.78, 5) is 11.6. The van der Waals surface area contributed by atoms with Gasteiger partial charge in [-0.15, -0.1) is 0 Å². The highest BCUT2D eigenvalue weighted by Gasteiger charge is 2.23. The van der Waals surface area contributed by atoms with Crippen LogP contribution < -0.4 is 0 Å². The Bertz CT molecular complexity index is 403. The molecule has 0 spiro atoms. The molecule has 3 heteroatoms. The third-order valence-electron chi connectivity index (χ3n) is 3.16. The highest BCUT2D eigenvalue weighted by molar-refractivity contribution is 6.30. The Morgan fingerprint density at radius 3 is 2.88 bits per heavy atom. The van der Waals surface area contributed by atoms with Crippen molar-refractivity contribution >= 4 is 17.4 Å². The first-order chi connectivity index (χ1) is 7.66. The molecule has 1 saturated carbocycles. The van der Waals surface area contributed by atoms with Gasteiger partial charge in [0.15, 0.2) is 0 Å². The maximum absolute atomic E-state index is 13.5. The molecule has 86 valence electrons. The van der Waals surface area contributed by atoms with Crippen molar-refractivity contribution in [1.82, 2.24) is 0 Å². The molecule has 0 aliphatic heterocycles. The first kappa shape index (κ1) is 11.6. The standard InChI is InChI=1S/C13H14ClFO/c14-11-6-5-9(12(15)8-11)7-10-3-1-2-4-13(10)16/h5-6,8,10H,1-4,7H2. The molecule has 1 aromatic carbocycles. The molecule has 1 fully saturated rings. The minimum Gasteiger partial charge on any atom is -0.299 e. The van der Waals surface area contributed by atoms with Gasteiger partial charge in [0.1, 0.15) is 11.6 Å². The van der Waals surface area contributed by atoms with Crippen molar-refractivity contribution in [2.45, 2.75) is 32.1 Å². The molecule has 1 atom stereocenters. The third-order valence-corrected chi connectivity index (χ3v) is 3.40. The molecule has 0 saturated heterocycles. The van der Waals surface area contributed by atoms with Crippen LogP contribution in [-0.4, -0.2) is 5.78 Å². The van der Waals surface area contributed by atoms with Gasteiger partial charge in [0, 0.05) is 17.4 Å². The van der Waals surface area contributed by atoms with Crippen LogP contribution in [-0.2, 0) is 11.2 Å². The lowest BCUT2D eigenvalue weighted by Crippen LogP contribution is -2.21. The maximum Gasteiger partial charge on any atom is 0.136 e. The number of carbonyl (C=O) groups excluding carboxylic acids is 1. The molecule has 0 heterocycles. The van der Waals surface area contributed by atoms with Crippen molar-refractivity contribution in [2.24, 2.45) is 5.92 Å². The molecule has 1 aliphatic carbocycles. The van der Waals surface area contributed by atoms with Gasteiger partial charge in [-0.25, -0.2) is 4.39 Å². The van der Waals surface area contributed by atoms with Gasteiger partial charge in [0.05, 0.1) is 0 Å². The second-order valence-corrected chi connectivity index (χ2v) is 4.79. The van der Waals surface area contributed by atoms with Crippen molar-refractivity contribution in [3.8, 4) is 0 Å². The minimum atomic E-state index is -0.300. The average Bonchev–Trinajstić information content (AvgIpc) is 2.25. The number of hydrogen-bond donors (Lipinski definition) is 0. The highest BCUT2D eigenvalue weighted by atomic mass is 35.5. The summed E-state index contributed by atoms with van der Waals surface area (Å²) in [5.74, 6) is -0.0177. The summed E-state index contributed by atoms with van der Waals surface area (Å²) in [6.07, 6.45) is 4.12. The largest absolute Gasteiger partial charge is 0.299 e. The van der Waals surface area contributed by atoms with Gasteiger partial charge in [-0.05, 0) is 37.0 Å². The zero-order valence-electron chi connectivity index (χ0n) is 9.01. The van der Waals surface area contributed by atoms with Gasteiger partial charge in [0.2, 0.25) is 0 Å². The minimum absolute atomic E-state index is 0.00410. The fraction of sp³-hybridized carbons (Fsp3) is 0.462. The van der Waals surface area contributed by atoms with Crippen LogP contribution in [0.4, 0.5) is 4.39 Å². The van der Waals surface area contributed by atoms with Crippen LogP contribution in [0.15, 0.2) is 18.2 Å². The smallest absolute Gasteiger partial charge is 0.136 e. The Labute approximate surface area is 99.6 Å². The molecule has 1 aromatic rings. The second-order valence-electron chi connectivity index (χ2n) is 4.35. The van der Waals surface area contributed by atoms with Crippen molar-refractivity contribution < 1.29 is 9.18 Å². The van der Waals surface area contributed by atoms with Crippen LogP contribution in [0.3, 0.4) is 0 Å². The Morgan fingerprint density at radius 2 is 2.19 bits per heavy atom. The SMILES string of the molecule is O=C1CCCCC1Cc1ccc(Cl)cc1F. The zero-order valence-corrected chi connectivity index (χ0v) is 9.77. The molecule has 0 radical (unpaired) electrons. The van der Waals surface area contributed by atoms with E-state index in [2.05, 4.69) is 0 Å².